The van der Waals surface area contributed by atoms with E-state index in [4.69, 9.17) is 0 Å². The fourth-order valence-corrected chi connectivity index (χ4v) is 2.34. The number of imidazole rings is 1. The van der Waals surface area contributed by atoms with E-state index in [0.29, 0.717) is 15.8 Å². The number of pyridine rings is 1. The summed E-state index contributed by atoms with van der Waals surface area (Å²) in [7, 11) is 0. The minimum Gasteiger partial charge on any atom is -0.477 e. The maximum absolute atomic E-state index is 11.3. The minimum absolute atomic E-state index is 0.0469. The van der Waals surface area contributed by atoms with Crippen LogP contribution in [0.3, 0.4) is 0 Å². The minimum atomic E-state index is -1.16. The van der Waals surface area contributed by atoms with Crippen LogP contribution in [0.5, 0.6) is 0 Å². The molecule has 19 heavy (non-hydrogen) atoms. The Labute approximate surface area is 116 Å². The summed E-state index contributed by atoms with van der Waals surface area (Å²) >= 11 is 3.18. The third-order valence-corrected chi connectivity index (χ3v) is 3.23. The van der Waals surface area contributed by atoms with Gasteiger partial charge in [-0.25, -0.2) is 9.78 Å². The van der Waals surface area contributed by atoms with Gasteiger partial charge in [0.05, 0.1) is 21.3 Å². The molecule has 0 amide bonds. The zero-order chi connectivity index (χ0) is 14.3. The summed E-state index contributed by atoms with van der Waals surface area (Å²) < 4.78 is 1.62. The smallest absolute Gasteiger partial charge is 0.354 e. The topological polar surface area (TPSA) is 97.7 Å². The summed E-state index contributed by atoms with van der Waals surface area (Å²) in [6.07, 6.45) is 1.17. The molecule has 1 N–H and O–H groups in total. The number of aromatic carboxylic acids is 1. The first-order valence-electron chi connectivity index (χ1n) is 5.42. The molecule has 0 fully saturated rings. The number of halogens is 1. The summed E-state index contributed by atoms with van der Waals surface area (Å²) in [4.78, 5) is 25.8. The Balaban J connectivity index is 2.89. The van der Waals surface area contributed by atoms with Crippen molar-refractivity contribution in [1.82, 2.24) is 9.38 Å². The van der Waals surface area contributed by atoms with Crippen LogP contribution in [0.2, 0.25) is 0 Å². The van der Waals surface area contributed by atoms with Crippen molar-refractivity contribution in [2.24, 2.45) is 0 Å². The second-order valence-corrected chi connectivity index (χ2v) is 5.16. The van der Waals surface area contributed by atoms with Gasteiger partial charge in [-0.15, -0.1) is 0 Å². The van der Waals surface area contributed by atoms with Crippen LogP contribution in [0.25, 0.3) is 5.65 Å². The Morgan fingerprint density at radius 2 is 2.21 bits per heavy atom. The lowest BCUT2D eigenvalue weighted by Gasteiger charge is -2.02. The standard InChI is InChI=1S/C11H10BrN3O4/c1-5(2)8-9(11(16)17)14-4-6(15(18)19)3-7(12)10(14)13-8/h3-5H,1-2H3,(H,16,17). The number of nitro groups is 1. The first kappa shape index (κ1) is 13.5. The molecule has 0 saturated heterocycles. The Bertz CT molecular complexity index is 693. The fraction of sp³-hybridized carbons (Fsp3) is 0.273. The van der Waals surface area contributed by atoms with Gasteiger partial charge in [0.15, 0.2) is 11.3 Å². The van der Waals surface area contributed by atoms with Gasteiger partial charge in [0.25, 0.3) is 5.69 Å². The number of nitrogens with zero attached hydrogens (tertiary/aromatic N) is 3. The molecule has 2 heterocycles. The molecule has 0 unspecified atom stereocenters. The van der Waals surface area contributed by atoms with Crippen LogP contribution in [-0.2, 0) is 0 Å². The highest BCUT2D eigenvalue weighted by Gasteiger charge is 2.24. The van der Waals surface area contributed by atoms with Gasteiger partial charge in [-0.3, -0.25) is 14.5 Å². The van der Waals surface area contributed by atoms with Crippen LogP contribution in [0.4, 0.5) is 5.69 Å². The number of carboxylic acid groups (broad SMARTS) is 1. The quantitative estimate of drug-likeness (QED) is 0.690. The molecule has 0 saturated carbocycles. The number of hydrogen-bond acceptors (Lipinski definition) is 4. The number of rotatable bonds is 3. The van der Waals surface area contributed by atoms with Gasteiger partial charge in [0.2, 0.25) is 0 Å². The van der Waals surface area contributed by atoms with Crippen molar-refractivity contribution in [3.63, 3.8) is 0 Å². The molecular formula is C11H10BrN3O4. The monoisotopic (exact) mass is 327 g/mol. The zero-order valence-corrected chi connectivity index (χ0v) is 11.7. The lowest BCUT2D eigenvalue weighted by atomic mass is 10.1. The van der Waals surface area contributed by atoms with E-state index in [0.717, 1.165) is 0 Å². The molecule has 7 nitrogen and oxygen atoms in total. The van der Waals surface area contributed by atoms with Gasteiger partial charge < -0.3 is 5.11 Å². The summed E-state index contributed by atoms with van der Waals surface area (Å²) in [6.45, 7) is 3.63. The predicted molar refractivity (Wildman–Crippen MR) is 70.6 cm³/mol. The average Bonchev–Trinajstić information content (AvgIpc) is 2.68. The van der Waals surface area contributed by atoms with E-state index in [1.165, 1.54) is 16.7 Å². The van der Waals surface area contributed by atoms with E-state index < -0.39 is 10.9 Å². The third kappa shape index (κ3) is 2.19. The lowest BCUT2D eigenvalue weighted by molar-refractivity contribution is -0.385. The number of aromatic nitrogens is 2. The van der Waals surface area contributed by atoms with Gasteiger partial charge in [0, 0.05) is 6.07 Å². The second kappa shape index (κ2) is 4.61. The summed E-state index contributed by atoms with van der Waals surface area (Å²) in [5, 5.41) is 20.1. The SMILES string of the molecule is CC(C)c1nc2c(Br)cc([N+](=O)[O-])cn2c1C(=O)O. The molecule has 0 spiro atoms. The van der Waals surface area contributed by atoms with Gasteiger partial charge in [0.1, 0.15) is 0 Å². The van der Waals surface area contributed by atoms with Crippen LogP contribution < -0.4 is 0 Å². The van der Waals surface area contributed by atoms with Crippen molar-refractivity contribution in [1.29, 1.82) is 0 Å². The Kier molecular flexibility index (Phi) is 3.27. The van der Waals surface area contributed by atoms with E-state index in [1.807, 2.05) is 13.8 Å². The lowest BCUT2D eigenvalue weighted by Crippen LogP contribution is -2.07. The van der Waals surface area contributed by atoms with Gasteiger partial charge >= 0.3 is 5.97 Å². The average molecular weight is 328 g/mol. The largest absolute Gasteiger partial charge is 0.477 e. The Morgan fingerprint density at radius 1 is 1.58 bits per heavy atom. The van der Waals surface area contributed by atoms with Crippen molar-refractivity contribution in [3.05, 3.63) is 38.2 Å². The molecule has 0 aromatic carbocycles. The van der Waals surface area contributed by atoms with E-state index in [1.54, 1.807) is 0 Å². The summed E-state index contributed by atoms with van der Waals surface area (Å²) in [5.41, 5.74) is 0.504. The van der Waals surface area contributed by atoms with E-state index >= 15 is 0 Å². The van der Waals surface area contributed by atoms with Gasteiger partial charge in [-0.1, -0.05) is 13.8 Å². The van der Waals surface area contributed by atoms with Gasteiger partial charge in [-0.2, -0.15) is 0 Å². The molecule has 0 aliphatic carbocycles. The summed E-state index contributed by atoms with van der Waals surface area (Å²) in [5.74, 6) is -1.26. The molecule has 0 aliphatic heterocycles. The maximum Gasteiger partial charge on any atom is 0.354 e. The van der Waals surface area contributed by atoms with E-state index in [-0.39, 0.29) is 17.3 Å². The normalized spacial score (nSPS) is 11.2. The van der Waals surface area contributed by atoms with Crippen molar-refractivity contribution in [2.45, 2.75) is 19.8 Å². The molecule has 0 bridgehead atoms. The first-order chi connectivity index (χ1) is 8.82. The fourth-order valence-electron chi connectivity index (χ4n) is 1.82. The molecular weight excluding hydrogens is 318 g/mol. The van der Waals surface area contributed by atoms with Gasteiger partial charge in [-0.05, 0) is 21.8 Å². The van der Waals surface area contributed by atoms with Crippen molar-refractivity contribution >= 4 is 33.2 Å². The number of carbonyl (C=O) groups is 1. The first-order valence-corrected chi connectivity index (χ1v) is 6.21. The predicted octanol–water partition coefficient (Wildman–Crippen LogP) is 2.83. The Morgan fingerprint density at radius 3 is 2.68 bits per heavy atom. The summed E-state index contributed by atoms with van der Waals surface area (Å²) in [6, 6.07) is 1.30. The Hall–Kier alpha value is -1.96. The molecule has 0 radical (unpaired) electrons. The molecule has 2 rings (SSSR count). The van der Waals surface area contributed by atoms with Crippen LogP contribution in [-0.4, -0.2) is 25.4 Å². The highest BCUT2D eigenvalue weighted by Crippen LogP contribution is 2.28. The molecule has 0 atom stereocenters. The number of carboxylic acids is 1. The van der Waals surface area contributed by atoms with E-state index in [9.17, 15) is 20.0 Å². The van der Waals surface area contributed by atoms with Crippen LogP contribution in [0.15, 0.2) is 16.7 Å². The van der Waals surface area contributed by atoms with Crippen molar-refractivity contribution in [2.75, 3.05) is 0 Å². The highest BCUT2D eigenvalue weighted by molar-refractivity contribution is 9.10. The molecule has 0 aliphatic rings. The van der Waals surface area contributed by atoms with E-state index in [2.05, 4.69) is 20.9 Å². The molecule has 100 valence electrons. The van der Waals surface area contributed by atoms with Crippen LogP contribution in [0.1, 0.15) is 35.9 Å². The molecule has 2 aromatic heterocycles. The van der Waals surface area contributed by atoms with Crippen molar-refractivity contribution < 1.29 is 14.8 Å². The zero-order valence-electron chi connectivity index (χ0n) is 10.1. The molecule has 2 aromatic rings. The van der Waals surface area contributed by atoms with Crippen LogP contribution >= 0.6 is 15.9 Å². The number of hydrogen-bond donors (Lipinski definition) is 1. The van der Waals surface area contributed by atoms with Crippen molar-refractivity contribution in [3.8, 4) is 0 Å². The molecule has 8 heteroatoms. The van der Waals surface area contributed by atoms with Crippen LogP contribution in [0, 0.1) is 10.1 Å². The highest BCUT2D eigenvalue weighted by atomic mass is 79.9. The third-order valence-electron chi connectivity index (χ3n) is 2.65. The number of fused-ring (bicyclic) bond motifs is 1. The maximum atomic E-state index is 11.3. The second-order valence-electron chi connectivity index (χ2n) is 4.30.